The van der Waals surface area contributed by atoms with Crippen molar-refractivity contribution in [3.8, 4) is 0 Å². The average Bonchev–Trinajstić information content (AvgIpc) is 2.80. The van der Waals surface area contributed by atoms with E-state index < -0.39 is 11.5 Å². The first-order valence-corrected chi connectivity index (χ1v) is 8.67. The van der Waals surface area contributed by atoms with Crippen molar-refractivity contribution in [2.75, 3.05) is 13.1 Å². The van der Waals surface area contributed by atoms with Crippen LogP contribution < -0.4 is 5.73 Å². The molecule has 5 rings (SSSR count). The van der Waals surface area contributed by atoms with Crippen LogP contribution in [0.3, 0.4) is 0 Å². The SMILES string of the molecule is CC(N1CCC(N)(C(=O)O)C1)C12CC3CC(CC(C3)C1)C2. The molecule has 3 N–H and O–H groups in total. The fourth-order valence-corrected chi connectivity index (χ4v) is 6.45. The van der Waals surface area contributed by atoms with Crippen LogP contribution in [-0.4, -0.2) is 40.6 Å². The van der Waals surface area contributed by atoms with Crippen LogP contribution in [0.2, 0.25) is 0 Å². The lowest BCUT2D eigenvalue weighted by Gasteiger charge is -2.60. The minimum atomic E-state index is -1.02. The van der Waals surface area contributed by atoms with Gasteiger partial charge >= 0.3 is 5.97 Å². The number of rotatable bonds is 3. The molecule has 0 amide bonds. The van der Waals surface area contributed by atoms with Crippen LogP contribution in [-0.2, 0) is 4.79 Å². The second-order valence-corrected chi connectivity index (χ2v) is 8.64. The molecule has 5 aliphatic rings. The van der Waals surface area contributed by atoms with Crippen LogP contribution >= 0.6 is 0 Å². The summed E-state index contributed by atoms with van der Waals surface area (Å²) in [4.78, 5) is 13.8. The lowest BCUT2D eigenvalue weighted by atomic mass is 9.47. The van der Waals surface area contributed by atoms with Crippen molar-refractivity contribution in [1.82, 2.24) is 4.90 Å². The molecule has 4 heteroatoms. The Morgan fingerprint density at radius 2 is 1.71 bits per heavy atom. The van der Waals surface area contributed by atoms with E-state index in [1.54, 1.807) is 0 Å². The van der Waals surface area contributed by atoms with Gasteiger partial charge in [0.1, 0.15) is 5.54 Å². The van der Waals surface area contributed by atoms with Crippen molar-refractivity contribution in [2.45, 2.75) is 63.5 Å². The third kappa shape index (κ3) is 2.06. The standard InChI is InChI=1S/C17H28N2O2/c1-11(19-3-2-17(18,10-19)15(20)21)16-7-12-4-13(8-16)6-14(5-12)9-16/h11-14H,2-10,18H2,1H3,(H,20,21). The van der Waals surface area contributed by atoms with Crippen LogP contribution in [0.1, 0.15) is 51.9 Å². The van der Waals surface area contributed by atoms with Gasteiger partial charge in [0, 0.05) is 19.1 Å². The first-order valence-electron chi connectivity index (χ1n) is 8.67. The summed E-state index contributed by atoms with van der Waals surface area (Å²) < 4.78 is 0. The van der Waals surface area contributed by atoms with Crippen molar-refractivity contribution in [3.05, 3.63) is 0 Å². The average molecular weight is 292 g/mol. The maximum Gasteiger partial charge on any atom is 0.325 e. The molecule has 1 heterocycles. The van der Waals surface area contributed by atoms with E-state index in [-0.39, 0.29) is 0 Å². The topological polar surface area (TPSA) is 66.6 Å². The number of hydrogen-bond donors (Lipinski definition) is 2. The molecule has 4 saturated carbocycles. The molecular weight excluding hydrogens is 264 g/mol. The summed E-state index contributed by atoms with van der Waals surface area (Å²) in [5.74, 6) is 2.01. The number of nitrogens with two attached hydrogens (primary N) is 1. The second-order valence-electron chi connectivity index (χ2n) is 8.64. The highest BCUT2D eigenvalue weighted by molar-refractivity contribution is 5.79. The summed E-state index contributed by atoms with van der Waals surface area (Å²) in [5, 5.41) is 9.35. The Labute approximate surface area is 127 Å². The molecule has 118 valence electrons. The predicted molar refractivity (Wildman–Crippen MR) is 80.8 cm³/mol. The van der Waals surface area contributed by atoms with E-state index in [0.29, 0.717) is 24.4 Å². The van der Waals surface area contributed by atoms with E-state index >= 15 is 0 Å². The minimum Gasteiger partial charge on any atom is -0.480 e. The van der Waals surface area contributed by atoms with Gasteiger partial charge in [-0.05, 0) is 75.0 Å². The Kier molecular flexibility index (Phi) is 2.97. The number of likely N-dealkylation sites (tertiary alicyclic amines) is 1. The summed E-state index contributed by atoms with van der Waals surface area (Å²) in [6, 6.07) is 0.496. The molecule has 0 aromatic carbocycles. The highest BCUT2D eigenvalue weighted by Crippen LogP contribution is 2.62. The summed E-state index contributed by atoms with van der Waals surface area (Å²) in [6.07, 6.45) is 9.11. The smallest absolute Gasteiger partial charge is 0.325 e. The van der Waals surface area contributed by atoms with Crippen LogP contribution in [0.5, 0.6) is 0 Å². The molecule has 0 aromatic heterocycles. The summed E-state index contributed by atoms with van der Waals surface area (Å²) in [5.41, 5.74) is 5.52. The third-order valence-corrected chi connectivity index (χ3v) is 7.28. The van der Waals surface area contributed by atoms with E-state index in [9.17, 15) is 9.90 Å². The van der Waals surface area contributed by atoms with Gasteiger partial charge in [-0.3, -0.25) is 9.69 Å². The molecule has 1 saturated heterocycles. The van der Waals surface area contributed by atoms with E-state index in [4.69, 9.17) is 5.73 Å². The van der Waals surface area contributed by atoms with Gasteiger partial charge in [0.2, 0.25) is 0 Å². The fourth-order valence-electron chi connectivity index (χ4n) is 6.45. The number of hydrogen-bond acceptors (Lipinski definition) is 3. The van der Waals surface area contributed by atoms with Crippen molar-refractivity contribution in [1.29, 1.82) is 0 Å². The molecule has 0 radical (unpaired) electrons. The first kappa shape index (κ1) is 14.0. The molecule has 21 heavy (non-hydrogen) atoms. The Bertz CT molecular complexity index is 428. The monoisotopic (exact) mass is 292 g/mol. The van der Waals surface area contributed by atoms with Crippen LogP contribution in [0, 0.1) is 23.2 Å². The molecular formula is C17H28N2O2. The first-order chi connectivity index (χ1) is 9.90. The van der Waals surface area contributed by atoms with Crippen molar-refractivity contribution < 1.29 is 9.90 Å². The molecule has 0 spiro atoms. The van der Waals surface area contributed by atoms with Gasteiger partial charge < -0.3 is 10.8 Å². The minimum absolute atomic E-state index is 0.457. The normalized spacial score (nSPS) is 50.5. The van der Waals surface area contributed by atoms with E-state index in [1.165, 1.54) is 38.5 Å². The summed E-state index contributed by atoms with van der Waals surface area (Å²) >= 11 is 0. The Morgan fingerprint density at radius 3 is 2.14 bits per heavy atom. The van der Waals surface area contributed by atoms with Crippen molar-refractivity contribution >= 4 is 5.97 Å². The zero-order valence-corrected chi connectivity index (χ0v) is 13.1. The van der Waals surface area contributed by atoms with Crippen LogP contribution in [0.25, 0.3) is 0 Å². The molecule has 4 bridgehead atoms. The number of nitrogens with zero attached hydrogens (tertiary/aromatic N) is 1. The van der Waals surface area contributed by atoms with Gasteiger partial charge in [-0.1, -0.05) is 0 Å². The zero-order chi connectivity index (χ0) is 14.8. The van der Waals surface area contributed by atoms with Gasteiger partial charge in [-0.15, -0.1) is 0 Å². The van der Waals surface area contributed by atoms with E-state index in [1.807, 2.05) is 0 Å². The fraction of sp³-hybridized carbons (Fsp3) is 0.941. The number of carboxylic acid groups (broad SMARTS) is 1. The van der Waals surface area contributed by atoms with Crippen molar-refractivity contribution in [3.63, 3.8) is 0 Å². The van der Waals surface area contributed by atoms with Gasteiger partial charge in [-0.2, -0.15) is 0 Å². The van der Waals surface area contributed by atoms with Gasteiger partial charge in [0.25, 0.3) is 0 Å². The third-order valence-electron chi connectivity index (χ3n) is 7.28. The molecule has 4 nitrogen and oxygen atoms in total. The molecule has 0 aromatic rings. The maximum atomic E-state index is 11.4. The number of aliphatic carboxylic acids is 1. The molecule has 1 aliphatic heterocycles. The molecule has 2 unspecified atom stereocenters. The quantitative estimate of drug-likeness (QED) is 0.836. The predicted octanol–water partition coefficient (Wildman–Crippen LogP) is 2.08. The lowest BCUT2D eigenvalue weighted by Crippen LogP contribution is -2.57. The lowest BCUT2D eigenvalue weighted by molar-refractivity contribution is -0.143. The zero-order valence-electron chi connectivity index (χ0n) is 13.1. The van der Waals surface area contributed by atoms with E-state index in [0.717, 1.165) is 24.3 Å². The van der Waals surface area contributed by atoms with Gasteiger partial charge in [0.15, 0.2) is 0 Å². The number of carboxylic acids is 1. The molecule has 2 atom stereocenters. The highest BCUT2D eigenvalue weighted by atomic mass is 16.4. The molecule has 5 fully saturated rings. The largest absolute Gasteiger partial charge is 0.480 e. The second kappa shape index (κ2) is 4.45. The number of carbonyl (C=O) groups is 1. The Hall–Kier alpha value is -0.610. The summed E-state index contributed by atoms with van der Waals surface area (Å²) in [7, 11) is 0. The van der Waals surface area contributed by atoms with Crippen LogP contribution in [0.15, 0.2) is 0 Å². The van der Waals surface area contributed by atoms with E-state index in [2.05, 4.69) is 11.8 Å². The van der Waals surface area contributed by atoms with Crippen molar-refractivity contribution in [2.24, 2.45) is 28.9 Å². The molecule has 4 aliphatic carbocycles. The Morgan fingerprint density at radius 1 is 1.19 bits per heavy atom. The highest BCUT2D eigenvalue weighted by Gasteiger charge is 2.55. The summed E-state index contributed by atoms with van der Waals surface area (Å²) in [6.45, 7) is 3.73. The van der Waals surface area contributed by atoms with Gasteiger partial charge in [0.05, 0.1) is 0 Å². The maximum absolute atomic E-state index is 11.4. The van der Waals surface area contributed by atoms with Crippen LogP contribution in [0.4, 0.5) is 0 Å². The Balaban J connectivity index is 1.53. The van der Waals surface area contributed by atoms with Gasteiger partial charge in [-0.25, -0.2) is 0 Å².